The zero-order valence-electron chi connectivity index (χ0n) is 29.5. The Balaban J connectivity index is 1.06. The minimum absolute atomic E-state index is 0.629. The molecule has 0 atom stereocenters. The van der Waals surface area contributed by atoms with Gasteiger partial charge in [0.15, 0.2) is 17.5 Å². The van der Waals surface area contributed by atoms with E-state index in [0.29, 0.717) is 17.5 Å². The maximum atomic E-state index is 5.09. The molecular weight excluding hydrogens is 655 g/mol. The molecule has 254 valence electrons. The standard InChI is InChI=1S/C51H35N3/c1-4-12-36(13-5-1)39-22-24-41(25-23-39)42-26-28-43(29-27-42)46-19-11-21-48(35-46)51-53-49(44-32-30-40(31-33-44)37-14-6-2-7-15-37)52-50(54-51)47-20-10-18-45(34-47)38-16-8-3-9-17-38/h1-35H. The van der Waals surface area contributed by atoms with Crippen molar-refractivity contribution in [3.05, 3.63) is 212 Å². The average molecular weight is 690 g/mol. The number of rotatable bonds is 8. The van der Waals surface area contributed by atoms with E-state index in [-0.39, 0.29) is 0 Å². The normalized spacial score (nSPS) is 11.0. The van der Waals surface area contributed by atoms with E-state index in [2.05, 4.69) is 194 Å². The van der Waals surface area contributed by atoms with Crippen molar-refractivity contribution < 1.29 is 0 Å². The molecule has 3 nitrogen and oxygen atoms in total. The SMILES string of the molecule is c1ccc(-c2ccc(-c3ccc(-c4cccc(-c5nc(-c6ccc(-c7ccccc7)cc6)nc(-c6cccc(-c7ccccc7)c6)n5)c4)cc3)cc2)cc1. The summed E-state index contributed by atoms with van der Waals surface area (Å²) in [6.45, 7) is 0. The van der Waals surface area contributed by atoms with Gasteiger partial charge in [-0.1, -0.05) is 200 Å². The predicted molar refractivity (Wildman–Crippen MR) is 223 cm³/mol. The van der Waals surface area contributed by atoms with Gasteiger partial charge in [-0.2, -0.15) is 0 Å². The van der Waals surface area contributed by atoms with Crippen LogP contribution in [0.5, 0.6) is 0 Å². The van der Waals surface area contributed by atoms with Crippen LogP contribution in [0.4, 0.5) is 0 Å². The van der Waals surface area contributed by atoms with Crippen molar-refractivity contribution in [2.24, 2.45) is 0 Å². The van der Waals surface area contributed by atoms with Crippen LogP contribution in [0, 0.1) is 0 Å². The summed E-state index contributed by atoms with van der Waals surface area (Å²) >= 11 is 0. The first-order valence-electron chi connectivity index (χ1n) is 18.2. The first-order chi connectivity index (χ1) is 26.7. The first-order valence-corrected chi connectivity index (χ1v) is 18.2. The lowest BCUT2D eigenvalue weighted by atomic mass is 9.97. The third-order valence-corrected chi connectivity index (χ3v) is 9.78. The zero-order chi connectivity index (χ0) is 36.1. The van der Waals surface area contributed by atoms with E-state index in [1.807, 2.05) is 18.2 Å². The number of aromatic nitrogens is 3. The van der Waals surface area contributed by atoms with Crippen LogP contribution < -0.4 is 0 Å². The minimum Gasteiger partial charge on any atom is -0.208 e. The molecule has 0 aliphatic carbocycles. The number of benzene rings is 8. The van der Waals surface area contributed by atoms with Crippen LogP contribution in [0.3, 0.4) is 0 Å². The molecule has 0 amide bonds. The summed E-state index contributed by atoms with van der Waals surface area (Å²) in [6, 6.07) is 74.1. The molecule has 1 aromatic heterocycles. The monoisotopic (exact) mass is 689 g/mol. The van der Waals surface area contributed by atoms with Crippen LogP contribution in [-0.2, 0) is 0 Å². The highest BCUT2D eigenvalue weighted by Crippen LogP contribution is 2.32. The predicted octanol–water partition coefficient (Wildman–Crippen LogP) is 13.2. The van der Waals surface area contributed by atoms with Gasteiger partial charge in [-0.3, -0.25) is 0 Å². The fourth-order valence-corrected chi connectivity index (χ4v) is 6.85. The van der Waals surface area contributed by atoms with Gasteiger partial charge >= 0.3 is 0 Å². The Bertz CT molecular complexity index is 2650. The van der Waals surface area contributed by atoms with Gasteiger partial charge < -0.3 is 0 Å². The maximum Gasteiger partial charge on any atom is 0.164 e. The molecule has 9 aromatic rings. The summed E-state index contributed by atoms with van der Waals surface area (Å²) in [5.74, 6) is 1.89. The summed E-state index contributed by atoms with van der Waals surface area (Å²) in [5.41, 5.74) is 14.4. The van der Waals surface area contributed by atoms with Crippen LogP contribution in [0.15, 0.2) is 212 Å². The highest BCUT2D eigenvalue weighted by atomic mass is 15.0. The second-order valence-electron chi connectivity index (χ2n) is 13.3. The quantitative estimate of drug-likeness (QED) is 0.159. The van der Waals surface area contributed by atoms with Crippen molar-refractivity contribution >= 4 is 0 Å². The Labute approximate surface area is 316 Å². The first kappa shape index (κ1) is 32.7. The molecule has 54 heavy (non-hydrogen) atoms. The Morgan fingerprint density at radius 2 is 0.389 bits per heavy atom. The molecule has 0 aliphatic rings. The van der Waals surface area contributed by atoms with E-state index in [1.165, 1.54) is 27.8 Å². The van der Waals surface area contributed by atoms with Gasteiger partial charge in [0.1, 0.15) is 0 Å². The van der Waals surface area contributed by atoms with E-state index in [0.717, 1.165) is 44.5 Å². The largest absolute Gasteiger partial charge is 0.208 e. The van der Waals surface area contributed by atoms with Gasteiger partial charge in [-0.15, -0.1) is 0 Å². The van der Waals surface area contributed by atoms with E-state index < -0.39 is 0 Å². The Kier molecular flexibility index (Phi) is 8.94. The zero-order valence-corrected chi connectivity index (χ0v) is 29.5. The van der Waals surface area contributed by atoms with Crippen LogP contribution >= 0.6 is 0 Å². The lowest BCUT2D eigenvalue weighted by Crippen LogP contribution is -2.00. The maximum absolute atomic E-state index is 5.09. The topological polar surface area (TPSA) is 38.7 Å². The molecule has 0 aliphatic heterocycles. The molecule has 0 unspecified atom stereocenters. The van der Waals surface area contributed by atoms with E-state index >= 15 is 0 Å². The molecule has 0 radical (unpaired) electrons. The van der Waals surface area contributed by atoms with Gasteiger partial charge in [0.2, 0.25) is 0 Å². The highest BCUT2D eigenvalue weighted by molar-refractivity contribution is 5.77. The average Bonchev–Trinajstić information content (AvgIpc) is 3.27. The summed E-state index contributed by atoms with van der Waals surface area (Å²) in [4.78, 5) is 15.2. The Hall–Kier alpha value is -7.23. The molecule has 0 spiro atoms. The molecule has 1 heterocycles. The summed E-state index contributed by atoms with van der Waals surface area (Å²) < 4.78 is 0. The minimum atomic E-state index is 0.629. The molecule has 0 N–H and O–H groups in total. The molecule has 0 fully saturated rings. The fraction of sp³-hybridized carbons (Fsp3) is 0. The Morgan fingerprint density at radius 1 is 0.167 bits per heavy atom. The van der Waals surface area contributed by atoms with Crippen molar-refractivity contribution in [1.29, 1.82) is 0 Å². The lowest BCUT2D eigenvalue weighted by molar-refractivity contribution is 1.07. The second kappa shape index (κ2) is 14.8. The molecule has 9 rings (SSSR count). The third kappa shape index (κ3) is 6.99. The van der Waals surface area contributed by atoms with Gasteiger partial charge in [0, 0.05) is 16.7 Å². The molecule has 0 bridgehead atoms. The van der Waals surface area contributed by atoms with E-state index in [9.17, 15) is 0 Å². The van der Waals surface area contributed by atoms with E-state index in [4.69, 9.17) is 15.0 Å². The summed E-state index contributed by atoms with van der Waals surface area (Å²) in [5, 5.41) is 0. The van der Waals surface area contributed by atoms with Crippen LogP contribution in [0.25, 0.3) is 89.8 Å². The van der Waals surface area contributed by atoms with Crippen molar-refractivity contribution in [2.45, 2.75) is 0 Å². The summed E-state index contributed by atoms with van der Waals surface area (Å²) in [7, 11) is 0. The molecule has 8 aromatic carbocycles. The Morgan fingerprint density at radius 3 is 0.741 bits per heavy atom. The van der Waals surface area contributed by atoms with Crippen LogP contribution in [-0.4, -0.2) is 15.0 Å². The van der Waals surface area contributed by atoms with Crippen molar-refractivity contribution in [3.8, 4) is 89.8 Å². The number of hydrogen-bond acceptors (Lipinski definition) is 3. The lowest BCUT2D eigenvalue weighted by Gasteiger charge is -2.11. The van der Waals surface area contributed by atoms with Crippen LogP contribution in [0.1, 0.15) is 0 Å². The summed E-state index contributed by atoms with van der Waals surface area (Å²) in [6.07, 6.45) is 0. The smallest absolute Gasteiger partial charge is 0.164 e. The van der Waals surface area contributed by atoms with Gasteiger partial charge in [0.05, 0.1) is 0 Å². The van der Waals surface area contributed by atoms with Crippen molar-refractivity contribution in [3.63, 3.8) is 0 Å². The highest BCUT2D eigenvalue weighted by Gasteiger charge is 2.14. The second-order valence-corrected chi connectivity index (χ2v) is 13.3. The third-order valence-electron chi connectivity index (χ3n) is 9.78. The van der Waals surface area contributed by atoms with E-state index in [1.54, 1.807) is 0 Å². The number of nitrogens with zero attached hydrogens (tertiary/aromatic N) is 3. The van der Waals surface area contributed by atoms with Crippen LogP contribution in [0.2, 0.25) is 0 Å². The van der Waals surface area contributed by atoms with Crippen molar-refractivity contribution in [1.82, 2.24) is 15.0 Å². The molecule has 0 saturated heterocycles. The molecule has 3 heteroatoms. The molecular formula is C51H35N3. The van der Waals surface area contributed by atoms with Gasteiger partial charge in [-0.05, 0) is 67.8 Å². The fourth-order valence-electron chi connectivity index (χ4n) is 6.85. The van der Waals surface area contributed by atoms with Gasteiger partial charge in [0.25, 0.3) is 0 Å². The molecule has 0 saturated carbocycles. The van der Waals surface area contributed by atoms with Crippen molar-refractivity contribution in [2.75, 3.05) is 0 Å². The number of hydrogen-bond donors (Lipinski definition) is 0. The van der Waals surface area contributed by atoms with Gasteiger partial charge in [-0.25, -0.2) is 15.0 Å².